The summed E-state index contributed by atoms with van der Waals surface area (Å²) in [6.07, 6.45) is 2.97. The quantitative estimate of drug-likeness (QED) is 0.731. The number of carboxylic acid groups (broad SMARTS) is 1. The molecule has 64 valence electrons. The summed E-state index contributed by atoms with van der Waals surface area (Å²) in [6.45, 7) is 2.01. The molecule has 4 heteroatoms. The van der Waals surface area contributed by atoms with Crippen molar-refractivity contribution in [2.45, 2.75) is 19.8 Å². The zero-order chi connectivity index (χ0) is 8.97. The molecule has 0 aliphatic rings. The highest BCUT2D eigenvalue weighted by atomic mass is 16.4. The Balaban J connectivity index is 2.88. The average molecular weight is 166 g/mol. The van der Waals surface area contributed by atoms with E-state index in [0.29, 0.717) is 0 Å². The Bertz CT molecular complexity index is 286. The maximum atomic E-state index is 10.5. The van der Waals surface area contributed by atoms with Gasteiger partial charge in [0.25, 0.3) is 0 Å². The van der Waals surface area contributed by atoms with E-state index in [1.807, 2.05) is 6.92 Å². The normalized spacial score (nSPS) is 9.75. The Hall–Kier alpha value is -1.45. The van der Waals surface area contributed by atoms with Crippen LogP contribution in [0.1, 0.15) is 29.4 Å². The Morgan fingerprint density at radius 2 is 2.42 bits per heavy atom. The zero-order valence-corrected chi connectivity index (χ0v) is 6.82. The molecule has 0 aliphatic carbocycles. The molecule has 1 N–H and O–H groups in total. The van der Waals surface area contributed by atoms with Gasteiger partial charge in [0.1, 0.15) is 0 Å². The van der Waals surface area contributed by atoms with Gasteiger partial charge < -0.3 is 5.11 Å². The van der Waals surface area contributed by atoms with Gasteiger partial charge in [-0.2, -0.15) is 10.2 Å². The van der Waals surface area contributed by atoms with Crippen LogP contribution < -0.4 is 0 Å². The van der Waals surface area contributed by atoms with Crippen LogP contribution in [-0.2, 0) is 6.42 Å². The van der Waals surface area contributed by atoms with E-state index in [1.54, 1.807) is 6.07 Å². The summed E-state index contributed by atoms with van der Waals surface area (Å²) in [5.74, 6) is -0.956. The van der Waals surface area contributed by atoms with Crippen LogP contribution in [0.25, 0.3) is 0 Å². The van der Waals surface area contributed by atoms with Gasteiger partial charge in [0.2, 0.25) is 0 Å². The van der Waals surface area contributed by atoms with Crippen molar-refractivity contribution in [3.8, 4) is 0 Å². The second kappa shape index (κ2) is 3.80. The molecule has 0 aliphatic heterocycles. The lowest BCUT2D eigenvalue weighted by Crippen LogP contribution is -2.01. The molecule has 0 fully saturated rings. The summed E-state index contributed by atoms with van der Waals surface area (Å²) in [7, 11) is 0. The number of aromatic nitrogens is 2. The van der Waals surface area contributed by atoms with Gasteiger partial charge in [0, 0.05) is 0 Å². The third-order valence-electron chi connectivity index (χ3n) is 1.46. The van der Waals surface area contributed by atoms with Gasteiger partial charge in [-0.25, -0.2) is 4.79 Å². The fraction of sp³-hybridized carbons (Fsp3) is 0.375. The molecule has 1 heterocycles. The predicted octanol–water partition coefficient (Wildman–Crippen LogP) is 1.13. The molecule has 0 spiro atoms. The SMILES string of the molecule is CCCc1cc(C(=O)O)cnn1. The summed E-state index contributed by atoms with van der Waals surface area (Å²) in [5.41, 5.74) is 0.936. The van der Waals surface area contributed by atoms with Crippen molar-refractivity contribution in [1.82, 2.24) is 10.2 Å². The molecular formula is C8H10N2O2. The Kier molecular flexibility index (Phi) is 2.74. The van der Waals surface area contributed by atoms with E-state index in [9.17, 15) is 4.79 Å². The molecule has 1 aromatic heterocycles. The Morgan fingerprint density at radius 3 is 3.00 bits per heavy atom. The topological polar surface area (TPSA) is 63.1 Å². The molecule has 12 heavy (non-hydrogen) atoms. The van der Waals surface area contributed by atoms with E-state index in [0.717, 1.165) is 18.5 Å². The molecular weight excluding hydrogens is 156 g/mol. The Morgan fingerprint density at radius 1 is 1.67 bits per heavy atom. The number of carboxylic acids is 1. The molecule has 4 nitrogen and oxygen atoms in total. The third-order valence-corrected chi connectivity index (χ3v) is 1.46. The molecule has 0 atom stereocenters. The summed E-state index contributed by atoms with van der Waals surface area (Å²) in [5, 5.41) is 16.0. The first-order chi connectivity index (χ1) is 5.74. The molecule has 1 aromatic rings. The highest BCUT2D eigenvalue weighted by Gasteiger charge is 2.03. The molecule has 0 amide bonds. The van der Waals surface area contributed by atoms with Gasteiger partial charge in [0.15, 0.2) is 0 Å². The summed E-state index contributed by atoms with van der Waals surface area (Å²) < 4.78 is 0. The van der Waals surface area contributed by atoms with Gasteiger partial charge in [-0.05, 0) is 12.5 Å². The zero-order valence-electron chi connectivity index (χ0n) is 6.82. The van der Waals surface area contributed by atoms with Crippen molar-refractivity contribution < 1.29 is 9.90 Å². The first-order valence-corrected chi connectivity index (χ1v) is 3.79. The number of rotatable bonds is 3. The lowest BCUT2D eigenvalue weighted by atomic mass is 10.2. The highest BCUT2D eigenvalue weighted by Crippen LogP contribution is 2.01. The number of nitrogens with zero attached hydrogens (tertiary/aromatic N) is 2. The summed E-state index contributed by atoms with van der Waals surface area (Å²) in [4.78, 5) is 10.5. The first kappa shape index (κ1) is 8.64. The van der Waals surface area contributed by atoms with E-state index in [4.69, 9.17) is 5.11 Å². The minimum Gasteiger partial charge on any atom is -0.478 e. The van der Waals surface area contributed by atoms with Crippen molar-refractivity contribution in [2.75, 3.05) is 0 Å². The minimum atomic E-state index is -0.956. The third kappa shape index (κ3) is 2.02. The van der Waals surface area contributed by atoms with Crippen LogP contribution >= 0.6 is 0 Å². The van der Waals surface area contributed by atoms with E-state index in [2.05, 4.69) is 10.2 Å². The van der Waals surface area contributed by atoms with E-state index in [1.165, 1.54) is 6.20 Å². The lowest BCUT2D eigenvalue weighted by Gasteiger charge is -1.96. The van der Waals surface area contributed by atoms with Crippen LogP contribution in [-0.4, -0.2) is 21.3 Å². The molecule has 0 aromatic carbocycles. The molecule has 0 saturated carbocycles. The first-order valence-electron chi connectivity index (χ1n) is 3.79. The standard InChI is InChI=1S/C8H10N2O2/c1-2-3-7-4-6(8(11)12)5-9-10-7/h4-5H,2-3H2,1H3,(H,11,12). The van der Waals surface area contributed by atoms with Gasteiger partial charge in [0.05, 0.1) is 17.5 Å². The van der Waals surface area contributed by atoms with Gasteiger partial charge in [-0.3, -0.25) is 0 Å². The van der Waals surface area contributed by atoms with E-state index >= 15 is 0 Å². The van der Waals surface area contributed by atoms with Crippen LogP contribution in [0, 0.1) is 0 Å². The van der Waals surface area contributed by atoms with Gasteiger partial charge >= 0.3 is 5.97 Å². The van der Waals surface area contributed by atoms with Crippen LogP contribution in [0.5, 0.6) is 0 Å². The number of carbonyl (C=O) groups is 1. The molecule has 0 bridgehead atoms. The second-order valence-electron chi connectivity index (χ2n) is 2.49. The molecule has 0 saturated heterocycles. The molecule has 0 radical (unpaired) electrons. The smallest absolute Gasteiger partial charge is 0.337 e. The van der Waals surface area contributed by atoms with Crippen LogP contribution in [0.4, 0.5) is 0 Å². The van der Waals surface area contributed by atoms with Crippen molar-refractivity contribution in [3.05, 3.63) is 23.5 Å². The molecule has 0 unspecified atom stereocenters. The van der Waals surface area contributed by atoms with Crippen LogP contribution in [0.2, 0.25) is 0 Å². The van der Waals surface area contributed by atoms with E-state index in [-0.39, 0.29) is 5.56 Å². The number of aromatic carboxylic acids is 1. The summed E-state index contributed by atoms with van der Waals surface area (Å²) in [6, 6.07) is 1.55. The van der Waals surface area contributed by atoms with Gasteiger partial charge in [-0.15, -0.1) is 0 Å². The van der Waals surface area contributed by atoms with Crippen molar-refractivity contribution in [3.63, 3.8) is 0 Å². The number of hydrogen-bond acceptors (Lipinski definition) is 3. The largest absolute Gasteiger partial charge is 0.478 e. The second-order valence-corrected chi connectivity index (χ2v) is 2.49. The predicted molar refractivity (Wildman–Crippen MR) is 43.0 cm³/mol. The monoisotopic (exact) mass is 166 g/mol. The van der Waals surface area contributed by atoms with Crippen LogP contribution in [0.3, 0.4) is 0 Å². The van der Waals surface area contributed by atoms with Crippen molar-refractivity contribution >= 4 is 5.97 Å². The maximum Gasteiger partial charge on any atom is 0.337 e. The van der Waals surface area contributed by atoms with Gasteiger partial charge in [-0.1, -0.05) is 13.3 Å². The van der Waals surface area contributed by atoms with E-state index < -0.39 is 5.97 Å². The van der Waals surface area contributed by atoms with Crippen molar-refractivity contribution in [2.24, 2.45) is 0 Å². The summed E-state index contributed by atoms with van der Waals surface area (Å²) >= 11 is 0. The minimum absolute atomic E-state index is 0.202. The van der Waals surface area contributed by atoms with Crippen molar-refractivity contribution in [1.29, 1.82) is 0 Å². The lowest BCUT2D eigenvalue weighted by molar-refractivity contribution is 0.0696. The highest BCUT2D eigenvalue weighted by molar-refractivity contribution is 5.87. The fourth-order valence-electron chi connectivity index (χ4n) is 0.906. The average Bonchev–Trinajstić information content (AvgIpc) is 2.05. The fourth-order valence-corrected chi connectivity index (χ4v) is 0.906. The number of hydrogen-bond donors (Lipinski definition) is 1. The maximum absolute atomic E-state index is 10.5. The van der Waals surface area contributed by atoms with Crippen LogP contribution in [0.15, 0.2) is 12.3 Å². The number of aryl methyl sites for hydroxylation is 1. The molecule has 1 rings (SSSR count). The Labute approximate surface area is 70.3 Å².